The van der Waals surface area contributed by atoms with Crippen LogP contribution < -0.4 is 0 Å². The van der Waals surface area contributed by atoms with Crippen molar-refractivity contribution in [3.63, 3.8) is 0 Å². The van der Waals surface area contributed by atoms with E-state index in [2.05, 4.69) is 0 Å². The standard InChI is InChI=1S/C9H6F3NO/c10-9(11,12)7-3-1-6(2-4-7)8(14)5-13/h1-4,8,14H. The molecule has 1 unspecified atom stereocenters. The van der Waals surface area contributed by atoms with Crippen LogP contribution in [0.15, 0.2) is 24.3 Å². The zero-order valence-electron chi connectivity index (χ0n) is 6.92. The van der Waals surface area contributed by atoms with E-state index < -0.39 is 17.8 Å². The highest BCUT2D eigenvalue weighted by molar-refractivity contribution is 5.28. The van der Waals surface area contributed by atoms with Gasteiger partial charge in [0.2, 0.25) is 0 Å². The molecule has 1 N–H and O–H groups in total. The molecule has 0 aliphatic rings. The van der Waals surface area contributed by atoms with Crippen molar-refractivity contribution in [1.29, 1.82) is 5.26 Å². The minimum Gasteiger partial charge on any atom is -0.374 e. The number of rotatable bonds is 1. The molecule has 14 heavy (non-hydrogen) atoms. The Morgan fingerprint density at radius 3 is 2.07 bits per heavy atom. The minimum atomic E-state index is -4.39. The van der Waals surface area contributed by atoms with Gasteiger partial charge in [-0.05, 0) is 17.7 Å². The lowest BCUT2D eigenvalue weighted by Gasteiger charge is -2.07. The maximum Gasteiger partial charge on any atom is 0.416 e. The number of hydrogen-bond donors (Lipinski definition) is 1. The Hall–Kier alpha value is -1.54. The monoisotopic (exact) mass is 201 g/mol. The first-order chi connectivity index (χ1) is 6.45. The first-order valence-corrected chi connectivity index (χ1v) is 3.70. The van der Waals surface area contributed by atoms with Crippen LogP contribution >= 0.6 is 0 Å². The van der Waals surface area contributed by atoms with Crippen molar-refractivity contribution in [2.75, 3.05) is 0 Å². The molecule has 1 atom stereocenters. The SMILES string of the molecule is N#CC(O)c1ccc(C(F)(F)F)cc1. The Labute approximate surface area is 78.2 Å². The molecule has 0 saturated carbocycles. The topological polar surface area (TPSA) is 44.0 Å². The number of halogens is 3. The highest BCUT2D eigenvalue weighted by atomic mass is 19.4. The van der Waals surface area contributed by atoms with E-state index in [1.54, 1.807) is 0 Å². The minimum absolute atomic E-state index is 0.153. The van der Waals surface area contributed by atoms with Gasteiger partial charge in [-0.3, -0.25) is 0 Å². The van der Waals surface area contributed by atoms with Crippen LogP contribution in [0.4, 0.5) is 13.2 Å². The van der Waals surface area contributed by atoms with Crippen LogP contribution in [0.3, 0.4) is 0 Å². The van der Waals surface area contributed by atoms with Gasteiger partial charge in [-0.25, -0.2) is 0 Å². The molecule has 5 heteroatoms. The predicted octanol–water partition coefficient (Wildman–Crippen LogP) is 2.26. The molecule has 0 heterocycles. The smallest absolute Gasteiger partial charge is 0.374 e. The second kappa shape index (κ2) is 3.68. The van der Waals surface area contributed by atoms with Gasteiger partial charge < -0.3 is 5.11 Å². The van der Waals surface area contributed by atoms with Gasteiger partial charge in [0.25, 0.3) is 0 Å². The summed E-state index contributed by atoms with van der Waals surface area (Å²) in [7, 11) is 0. The van der Waals surface area contributed by atoms with E-state index in [1.807, 2.05) is 0 Å². The largest absolute Gasteiger partial charge is 0.416 e. The van der Waals surface area contributed by atoms with Crippen molar-refractivity contribution in [2.24, 2.45) is 0 Å². The van der Waals surface area contributed by atoms with Crippen molar-refractivity contribution in [3.8, 4) is 6.07 Å². The third kappa shape index (κ3) is 2.24. The van der Waals surface area contributed by atoms with Crippen LogP contribution in [-0.4, -0.2) is 5.11 Å². The van der Waals surface area contributed by atoms with E-state index in [0.29, 0.717) is 0 Å². The molecule has 2 nitrogen and oxygen atoms in total. The normalized spacial score (nSPS) is 13.4. The van der Waals surface area contributed by atoms with Crippen molar-refractivity contribution >= 4 is 0 Å². The molecule has 0 aliphatic heterocycles. The van der Waals surface area contributed by atoms with Gasteiger partial charge >= 0.3 is 6.18 Å². The summed E-state index contributed by atoms with van der Waals surface area (Å²) in [6.07, 6.45) is -5.77. The summed E-state index contributed by atoms with van der Waals surface area (Å²) in [4.78, 5) is 0. The number of aliphatic hydroxyl groups excluding tert-OH is 1. The highest BCUT2D eigenvalue weighted by Crippen LogP contribution is 2.29. The fourth-order valence-electron chi connectivity index (χ4n) is 0.929. The van der Waals surface area contributed by atoms with Crippen LogP contribution in [0.25, 0.3) is 0 Å². The molecule has 0 amide bonds. The highest BCUT2D eigenvalue weighted by Gasteiger charge is 2.30. The Balaban J connectivity index is 2.96. The fourth-order valence-corrected chi connectivity index (χ4v) is 0.929. The molecule has 74 valence electrons. The molecular formula is C9H6F3NO. The lowest BCUT2D eigenvalue weighted by molar-refractivity contribution is -0.137. The van der Waals surface area contributed by atoms with Gasteiger partial charge in [-0.1, -0.05) is 12.1 Å². The summed E-state index contributed by atoms with van der Waals surface area (Å²) in [5.41, 5.74) is -0.646. The number of alkyl halides is 3. The van der Waals surface area contributed by atoms with Crippen LogP contribution in [0.2, 0.25) is 0 Å². The quantitative estimate of drug-likeness (QED) is 0.708. The van der Waals surface area contributed by atoms with Gasteiger partial charge in [0.05, 0.1) is 11.6 Å². The van der Waals surface area contributed by atoms with Gasteiger partial charge in [0, 0.05) is 0 Å². The van der Waals surface area contributed by atoms with Gasteiger partial charge in [-0.2, -0.15) is 18.4 Å². The van der Waals surface area contributed by atoms with E-state index in [9.17, 15) is 13.2 Å². The third-order valence-corrected chi connectivity index (χ3v) is 1.68. The second-order valence-electron chi connectivity index (χ2n) is 2.65. The summed E-state index contributed by atoms with van der Waals surface area (Å²) < 4.78 is 36.2. The maximum atomic E-state index is 12.1. The summed E-state index contributed by atoms with van der Waals surface area (Å²) in [6, 6.07) is 5.33. The average molecular weight is 201 g/mol. The first-order valence-electron chi connectivity index (χ1n) is 3.70. The van der Waals surface area contributed by atoms with Crippen molar-refractivity contribution in [2.45, 2.75) is 12.3 Å². The summed E-state index contributed by atoms with van der Waals surface area (Å²) in [5.74, 6) is 0. The predicted molar refractivity (Wildman–Crippen MR) is 42.0 cm³/mol. The van der Waals surface area contributed by atoms with Crippen molar-refractivity contribution < 1.29 is 18.3 Å². The molecule has 0 saturated heterocycles. The van der Waals surface area contributed by atoms with Crippen molar-refractivity contribution in [3.05, 3.63) is 35.4 Å². The molecular weight excluding hydrogens is 195 g/mol. The summed E-state index contributed by atoms with van der Waals surface area (Å²) in [6.45, 7) is 0. The average Bonchev–Trinajstić information content (AvgIpc) is 2.15. The van der Waals surface area contributed by atoms with E-state index in [1.165, 1.54) is 6.07 Å². The molecule has 0 bridgehead atoms. The van der Waals surface area contributed by atoms with E-state index in [4.69, 9.17) is 10.4 Å². The molecule has 0 aliphatic carbocycles. The third-order valence-electron chi connectivity index (χ3n) is 1.68. The molecule has 0 aromatic heterocycles. The van der Waals surface area contributed by atoms with E-state index in [-0.39, 0.29) is 5.56 Å². The number of aliphatic hydroxyl groups is 1. The van der Waals surface area contributed by atoms with Crippen molar-refractivity contribution in [1.82, 2.24) is 0 Å². The lowest BCUT2D eigenvalue weighted by Crippen LogP contribution is -2.05. The Morgan fingerprint density at radius 2 is 1.71 bits per heavy atom. The van der Waals surface area contributed by atoms with Crippen LogP contribution in [0, 0.1) is 11.3 Å². The Morgan fingerprint density at radius 1 is 1.21 bits per heavy atom. The van der Waals surface area contributed by atoms with Gasteiger partial charge in [0.15, 0.2) is 6.10 Å². The van der Waals surface area contributed by atoms with E-state index >= 15 is 0 Å². The fraction of sp³-hybridized carbons (Fsp3) is 0.222. The Bertz CT molecular complexity index is 350. The molecule has 0 fully saturated rings. The first kappa shape index (κ1) is 10.5. The number of hydrogen-bond acceptors (Lipinski definition) is 2. The molecule has 1 aromatic rings. The van der Waals surface area contributed by atoms with Gasteiger partial charge in [-0.15, -0.1) is 0 Å². The zero-order chi connectivity index (χ0) is 10.8. The number of nitriles is 1. The molecule has 0 radical (unpaired) electrons. The number of nitrogens with zero attached hydrogens (tertiary/aromatic N) is 1. The summed E-state index contributed by atoms with van der Waals surface area (Å²) in [5, 5.41) is 17.3. The second-order valence-corrected chi connectivity index (χ2v) is 2.65. The summed E-state index contributed by atoms with van der Waals surface area (Å²) >= 11 is 0. The van der Waals surface area contributed by atoms with Crippen LogP contribution in [0.5, 0.6) is 0 Å². The van der Waals surface area contributed by atoms with Gasteiger partial charge in [0.1, 0.15) is 0 Å². The molecule has 1 rings (SSSR count). The maximum absolute atomic E-state index is 12.1. The van der Waals surface area contributed by atoms with Crippen LogP contribution in [0.1, 0.15) is 17.2 Å². The zero-order valence-corrected chi connectivity index (χ0v) is 6.92. The Kier molecular flexibility index (Phi) is 2.77. The molecule has 1 aromatic carbocycles. The van der Waals surface area contributed by atoms with Crippen LogP contribution in [-0.2, 0) is 6.18 Å². The molecule has 0 spiro atoms. The lowest BCUT2D eigenvalue weighted by atomic mass is 10.1. The number of benzene rings is 1. The van der Waals surface area contributed by atoms with E-state index in [0.717, 1.165) is 24.3 Å².